The Kier molecular flexibility index (Phi) is 4.96. The zero-order valence-electron chi connectivity index (χ0n) is 11.5. The summed E-state index contributed by atoms with van der Waals surface area (Å²) in [5.41, 5.74) is 0. The highest BCUT2D eigenvalue weighted by Crippen LogP contribution is 2.29. The van der Waals surface area contributed by atoms with Gasteiger partial charge in [-0.2, -0.15) is 0 Å². The SMILES string of the molecule is Cc1cc2c(NCCCCN(C)C)nc(Cl)nc2s1. The largest absolute Gasteiger partial charge is 0.369 e. The molecule has 0 atom stereocenters. The van der Waals surface area contributed by atoms with Crippen LogP contribution in [0.3, 0.4) is 0 Å². The van der Waals surface area contributed by atoms with Crippen LogP contribution in [0, 0.1) is 6.92 Å². The van der Waals surface area contributed by atoms with Crippen LogP contribution in [0.2, 0.25) is 5.28 Å². The van der Waals surface area contributed by atoms with E-state index in [0.717, 1.165) is 35.5 Å². The maximum Gasteiger partial charge on any atom is 0.225 e. The molecule has 0 spiro atoms. The minimum absolute atomic E-state index is 0.310. The van der Waals surface area contributed by atoms with E-state index < -0.39 is 0 Å². The van der Waals surface area contributed by atoms with Crippen molar-refractivity contribution < 1.29 is 0 Å². The molecular formula is C13H19ClN4S. The average Bonchev–Trinajstić information content (AvgIpc) is 2.68. The predicted molar refractivity (Wildman–Crippen MR) is 83.4 cm³/mol. The molecule has 0 aliphatic rings. The molecule has 1 N–H and O–H groups in total. The molecular weight excluding hydrogens is 280 g/mol. The molecule has 0 unspecified atom stereocenters. The van der Waals surface area contributed by atoms with Gasteiger partial charge in [-0.05, 0) is 58.1 Å². The van der Waals surface area contributed by atoms with Gasteiger partial charge in [-0.1, -0.05) is 0 Å². The van der Waals surface area contributed by atoms with Crippen molar-refractivity contribution in [3.63, 3.8) is 0 Å². The lowest BCUT2D eigenvalue weighted by Gasteiger charge is -2.10. The Hall–Kier alpha value is -0.910. The van der Waals surface area contributed by atoms with Crippen molar-refractivity contribution in [3.05, 3.63) is 16.2 Å². The predicted octanol–water partition coefficient (Wildman–Crippen LogP) is 3.41. The summed E-state index contributed by atoms with van der Waals surface area (Å²) in [5, 5.41) is 4.75. The van der Waals surface area contributed by atoms with Gasteiger partial charge in [0.25, 0.3) is 0 Å². The molecule has 0 aromatic carbocycles. The topological polar surface area (TPSA) is 41.0 Å². The third-order valence-electron chi connectivity index (χ3n) is 2.81. The van der Waals surface area contributed by atoms with Crippen molar-refractivity contribution in [2.45, 2.75) is 19.8 Å². The summed E-state index contributed by atoms with van der Waals surface area (Å²) in [4.78, 5) is 12.9. The molecule has 0 saturated heterocycles. The van der Waals surface area contributed by atoms with E-state index in [-0.39, 0.29) is 0 Å². The second-order valence-corrected chi connectivity index (χ2v) is 6.43. The number of nitrogens with one attached hydrogen (secondary N) is 1. The van der Waals surface area contributed by atoms with E-state index in [2.05, 4.69) is 47.3 Å². The highest BCUT2D eigenvalue weighted by molar-refractivity contribution is 7.18. The van der Waals surface area contributed by atoms with Crippen LogP contribution in [0.25, 0.3) is 10.2 Å². The van der Waals surface area contributed by atoms with Crippen molar-refractivity contribution in [1.82, 2.24) is 14.9 Å². The lowest BCUT2D eigenvalue weighted by Crippen LogP contribution is -2.14. The zero-order chi connectivity index (χ0) is 13.8. The number of thiophene rings is 1. The molecule has 0 bridgehead atoms. The highest BCUT2D eigenvalue weighted by atomic mass is 35.5. The standard InChI is InChI=1S/C13H19ClN4S/c1-9-8-10-11(15-6-4-5-7-18(2)3)16-13(14)17-12(10)19-9/h8H,4-7H2,1-3H3,(H,15,16,17). The van der Waals surface area contributed by atoms with Gasteiger partial charge in [-0.25, -0.2) is 9.97 Å². The molecule has 0 amide bonds. The second kappa shape index (κ2) is 6.50. The summed E-state index contributed by atoms with van der Waals surface area (Å²) in [6.45, 7) is 4.09. The second-order valence-electron chi connectivity index (χ2n) is 4.85. The molecule has 0 aliphatic heterocycles. The number of fused-ring (bicyclic) bond motifs is 1. The van der Waals surface area contributed by atoms with E-state index in [1.807, 2.05) is 0 Å². The molecule has 0 radical (unpaired) electrons. The van der Waals surface area contributed by atoms with Crippen LogP contribution in [0.1, 0.15) is 17.7 Å². The molecule has 4 nitrogen and oxygen atoms in total. The summed E-state index contributed by atoms with van der Waals surface area (Å²) >= 11 is 7.60. The van der Waals surface area contributed by atoms with E-state index in [1.165, 1.54) is 11.3 Å². The van der Waals surface area contributed by atoms with Crippen LogP contribution in [0.5, 0.6) is 0 Å². The fraction of sp³-hybridized carbons (Fsp3) is 0.538. The van der Waals surface area contributed by atoms with Crippen molar-refractivity contribution >= 4 is 39.0 Å². The lowest BCUT2D eigenvalue weighted by molar-refractivity contribution is 0.396. The Bertz CT molecular complexity index is 553. The first-order valence-corrected chi connectivity index (χ1v) is 7.58. The van der Waals surface area contributed by atoms with Gasteiger partial charge >= 0.3 is 0 Å². The van der Waals surface area contributed by atoms with Crippen LogP contribution < -0.4 is 5.32 Å². The fourth-order valence-corrected chi connectivity index (χ4v) is 3.01. The third-order valence-corrected chi connectivity index (χ3v) is 3.93. The van der Waals surface area contributed by atoms with E-state index >= 15 is 0 Å². The summed E-state index contributed by atoms with van der Waals surface area (Å²) in [6, 6.07) is 2.11. The van der Waals surface area contributed by atoms with Crippen molar-refractivity contribution in [1.29, 1.82) is 0 Å². The smallest absolute Gasteiger partial charge is 0.225 e. The van der Waals surface area contributed by atoms with Gasteiger partial charge in [0.05, 0.1) is 5.39 Å². The number of nitrogens with zero attached hydrogens (tertiary/aromatic N) is 3. The third kappa shape index (κ3) is 4.03. The average molecular weight is 299 g/mol. The van der Waals surface area contributed by atoms with Gasteiger partial charge < -0.3 is 10.2 Å². The normalized spacial score (nSPS) is 11.4. The number of aryl methyl sites for hydroxylation is 1. The van der Waals surface area contributed by atoms with E-state index in [0.29, 0.717) is 5.28 Å². The number of rotatable bonds is 6. The molecule has 0 saturated carbocycles. The number of hydrogen-bond acceptors (Lipinski definition) is 5. The van der Waals surface area contributed by atoms with E-state index in [9.17, 15) is 0 Å². The van der Waals surface area contributed by atoms with Crippen molar-refractivity contribution in [3.8, 4) is 0 Å². The molecule has 6 heteroatoms. The Morgan fingerprint density at radius 3 is 2.84 bits per heavy atom. The molecule has 104 valence electrons. The zero-order valence-corrected chi connectivity index (χ0v) is 13.1. The first kappa shape index (κ1) is 14.5. The van der Waals surface area contributed by atoms with Gasteiger partial charge in [-0.3, -0.25) is 0 Å². The van der Waals surface area contributed by atoms with Gasteiger partial charge in [0.1, 0.15) is 10.6 Å². The van der Waals surface area contributed by atoms with Gasteiger partial charge in [-0.15, -0.1) is 11.3 Å². The number of hydrogen-bond donors (Lipinski definition) is 1. The fourth-order valence-electron chi connectivity index (χ4n) is 1.91. The van der Waals surface area contributed by atoms with Crippen LogP contribution in [0.4, 0.5) is 5.82 Å². The Morgan fingerprint density at radius 2 is 2.11 bits per heavy atom. The number of aromatic nitrogens is 2. The molecule has 2 aromatic rings. The summed E-state index contributed by atoms with van der Waals surface area (Å²) < 4.78 is 0. The Balaban J connectivity index is 1.99. The molecule has 2 heterocycles. The minimum Gasteiger partial charge on any atom is -0.369 e. The van der Waals surface area contributed by atoms with Crippen LogP contribution in [-0.2, 0) is 0 Å². The van der Waals surface area contributed by atoms with Crippen LogP contribution >= 0.6 is 22.9 Å². The van der Waals surface area contributed by atoms with E-state index in [4.69, 9.17) is 11.6 Å². The first-order chi connectivity index (χ1) is 9.06. The van der Waals surface area contributed by atoms with Gasteiger partial charge in [0.2, 0.25) is 5.28 Å². The summed E-state index contributed by atoms with van der Waals surface area (Å²) in [6.07, 6.45) is 2.29. The molecule has 0 aliphatic carbocycles. The van der Waals surface area contributed by atoms with E-state index in [1.54, 1.807) is 11.3 Å². The Morgan fingerprint density at radius 1 is 1.32 bits per heavy atom. The molecule has 19 heavy (non-hydrogen) atoms. The molecule has 2 aromatic heterocycles. The van der Waals surface area contributed by atoms with Gasteiger partial charge in [0, 0.05) is 11.4 Å². The molecule has 2 rings (SSSR count). The van der Waals surface area contributed by atoms with Crippen LogP contribution in [-0.4, -0.2) is 42.1 Å². The monoisotopic (exact) mass is 298 g/mol. The Labute approximate surface area is 122 Å². The molecule has 0 fully saturated rings. The number of unbranched alkanes of at least 4 members (excludes halogenated alkanes) is 1. The quantitative estimate of drug-likeness (QED) is 0.655. The summed E-state index contributed by atoms with van der Waals surface area (Å²) in [5.74, 6) is 0.851. The highest BCUT2D eigenvalue weighted by Gasteiger charge is 2.09. The van der Waals surface area contributed by atoms with Crippen molar-refractivity contribution in [2.24, 2.45) is 0 Å². The van der Waals surface area contributed by atoms with Crippen molar-refractivity contribution in [2.75, 3.05) is 32.5 Å². The summed E-state index contributed by atoms with van der Waals surface area (Å²) in [7, 11) is 4.19. The minimum atomic E-state index is 0.310. The lowest BCUT2D eigenvalue weighted by atomic mass is 10.3. The van der Waals surface area contributed by atoms with Crippen LogP contribution in [0.15, 0.2) is 6.07 Å². The number of anilines is 1. The number of halogens is 1. The first-order valence-electron chi connectivity index (χ1n) is 6.38. The maximum absolute atomic E-state index is 5.95. The van der Waals surface area contributed by atoms with Gasteiger partial charge in [0.15, 0.2) is 0 Å². The maximum atomic E-state index is 5.95.